The molecule has 2 rings (SSSR count). The number of aromatic nitrogens is 2. The van der Waals surface area contributed by atoms with E-state index in [4.69, 9.17) is 0 Å². The number of imidazole rings is 1. The van der Waals surface area contributed by atoms with Crippen LogP contribution in [0.15, 0.2) is 22.8 Å². The van der Waals surface area contributed by atoms with Gasteiger partial charge in [0.25, 0.3) is 0 Å². The maximum Gasteiger partial charge on any atom is 0.241 e. The fourth-order valence-electron chi connectivity index (χ4n) is 1.57. The number of aliphatic imine (C=N–C) groups is 1. The summed E-state index contributed by atoms with van der Waals surface area (Å²) in [5, 5.41) is 8.08. The lowest BCUT2D eigenvalue weighted by atomic mass is 10.4. The van der Waals surface area contributed by atoms with Crippen molar-refractivity contribution in [3.63, 3.8) is 0 Å². The van der Waals surface area contributed by atoms with Gasteiger partial charge in [-0.05, 0) is 0 Å². The van der Waals surface area contributed by atoms with Gasteiger partial charge in [0.05, 0.1) is 18.8 Å². The molecule has 0 spiro atoms. The molecular weight excluding hydrogens is 276 g/mol. The number of amides is 1. The zero-order chi connectivity index (χ0) is 14.5. The predicted octanol–water partition coefficient (Wildman–Crippen LogP) is 0.149. The number of rotatable bonds is 4. The van der Waals surface area contributed by atoms with Crippen LogP contribution in [0, 0.1) is 0 Å². The molecule has 0 bridgehead atoms. The molecule has 0 aliphatic heterocycles. The Hall–Kier alpha value is -2.09. The molecule has 0 saturated heterocycles. The first-order chi connectivity index (χ1) is 9.60. The van der Waals surface area contributed by atoms with Crippen molar-refractivity contribution in [1.82, 2.24) is 24.9 Å². The van der Waals surface area contributed by atoms with Gasteiger partial charge >= 0.3 is 0 Å². The first-order valence-electron chi connectivity index (χ1n) is 6.16. The lowest BCUT2D eigenvalue weighted by molar-refractivity contribution is -0.127. The van der Waals surface area contributed by atoms with E-state index in [2.05, 4.69) is 20.6 Å². The largest absolute Gasteiger partial charge is 0.351 e. The summed E-state index contributed by atoms with van der Waals surface area (Å²) < 4.78 is 1.98. The Labute approximate surface area is 121 Å². The molecule has 108 valence electrons. The van der Waals surface area contributed by atoms with E-state index >= 15 is 0 Å². The molecule has 1 amide bonds. The standard InChI is InChI=1S/C12H18N6OS/c1-13-11(15-7-10(19)17(2)3)14-6-9-8-18-4-5-20-12(18)16-9/h4-5,8H,6-7H2,1-3H3,(H2,13,14,15). The van der Waals surface area contributed by atoms with Crippen molar-refractivity contribution >= 4 is 28.2 Å². The van der Waals surface area contributed by atoms with Crippen LogP contribution in [0.2, 0.25) is 0 Å². The number of nitrogens with zero attached hydrogens (tertiary/aromatic N) is 4. The molecule has 0 aliphatic carbocycles. The van der Waals surface area contributed by atoms with Crippen LogP contribution in [0.25, 0.3) is 4.96 Å². The summed E-state index contributed by atoms with van der Waals surface area (Å²) in [5.74, 6) is 0.576. The van der Waals surface area contributed by atoms with Crippen molar-refractivity contribution in [1.29, 1.82) is 0 Å². The fraction of sp³-hybridized carbons (Fsp3) is 0.417. The minimum atomic E-state index is -0.00421. The van der Waals surface area contributed by atoms with Crippen LogP contribution in [0.3, 0.4) is 0 Å². The summed E-state index contributed by atoms with van der Waals surface area (Å²) in [5.41, 5.74) is 0.929. The smallest absolute Gasteiger partial charge is 0.241 e. The summed E-state index contributed by atoms with van der Waals surface area (Å²) in [4.78, 5) is 22.5. The summed E-state index contributed by atoms with van der Waals surface area (Å²) in [6.07, 6.45) is 3.94. The van der Waals surface area contributed by atoms with Gasteiger partial charge in [-0.1, -0.05) is 0 Å². The molecule has 2 aromatic heterocycles. The van der Waals surface area contributed by atoms with Crippen molar-refractivity contribution in [3.8, 4) is 0 Å². The second kappa shape index (κ2) is 6.38. The van der Waals surface area contributed by atoms with Gasteiger partial charge in [0, 0.05) is 38.9 Å². The van der Waals surface area contributed by atoms with Crippen molar-refractivity contribution in [2.24, 2.45) is 4.99 Å². The van der Waals surface area contributed by atoms with Crippen LogP contribution >= 0.6 is 11.3 Å². The third-order valence-electron chi connectivity index (χ3n) is 2.71. The molecule has 20 heavy (non-hydrogen) atoms. The lowest BCUT2D eigenvalue weighted by Gasteiger charge is -2.13. The molecule has 0 fully saturated rings. The average Bonchev–Trinajstić information content (AvgIpc) is 2.99. The van der Waals surface area contributed by atoms with Gasteiger partial charge in [0.1, 0.15) is 0 Å². The predicted molar refractivity (Wildman–Crippen MR) is 80.0 cm³/mol. The summed E-state index contributed by atoms with van der Waals surface area (Å²) in [6, 6.07) is 0. The van der Waals surface area contributed by atoms with Crippen LogP contribution in [-0.2, 0) is 11.3 Å². The summed E-state index contributed by atoms with van der Waals surface area (Å²) in [7, 11) is 5.11. The van der Waals surface area contributed by atoms with Crippen LogP contribution in [0.1, 0.15) is 5.69 Å². The molecule has 0 saturated carbocycles. The monoisotopic (exact) mass is 294 g/mol. The van der Waals surface area contributed by atoms with Gasteiger partial charge in [-0.3, -0.25) is 14.2 Å². The van der Waals surface area contributed by atoms with E-state index in [1.165, 1.54) is 4.90 Å². The number of carbonyl (C=O) groups is 1. The number of guanidine groups is 1. The van der Waals surface area contributed by atoms with Gasteiger partial charge < -0.3 is 15.5 Å². The highest BCUT2D eigenvalue weighted by Crippen LogP contribution is 2.10. The molecule has 7 nitrogen and oxygen atoms in total. The summed E-state index contributed by atoms with van der Waals surface area (Å²) in [6.45, 7) is 0.773. The minimum absolute atomic E-state index is 0.00421. The Morgan fingerprint density at radius 2 is 2.30 bits per heavy atom. The quantitative estimate of drug-likeness (QED) is 0.622. The highest BCUT2D eigenvalue weighted by Gasteiger charge is 2.06. The lowest BCUT2D eigenvalue weighted by Crippen LogP contribution is -2.42. The first-order valence-corrected chi connectivity index (χ1v) is 7.04. The van der Waals surface area contributed by atoms with Gasteiger partial charge in [0.2, 0.25) is 5.91 Å². The van der Waals surface area contributed by atoms with Crippen molar-refractivity contribution in [3.05, 3.63) is 23.5 Å². The fourth-order valence-corrected chi connectivity index (χ4v) is 2.29. The maximum atomic E-state index is 11.5. The number of nitrogens with one attached hydrogen (secondary N) is 2. The normalized spacial score (nSPS) is 11.7. The number of thiazole rings is 1. The van der Waals surface area contributed by atoms with E-state index in [9.17, 15) is 4.79 Å². The minimum Gasteiger partial charge on any atom is -0.351 e. The highest BCUT2D eigenvalue weighted by molar-refractivity contribution is 7.15. The average molecular weight is 294 g/mol. The van der Waals surface area contributed by atoms with Gasteiger partial charge in [0.15, 0.2) is 10.9 Å². The molecule has 8 heteroatoms. The van der Waals surface area contributed by atoms with E-state index in [0.29, 0.717) is 12.5 Å². The van der Waals surface area contributed by atoms with E-state index in [1.807, 2.05) is 22.2 Å². The second-order valence-electron chi connectivity index (χ2n) is 4.39. The van der Waals surface area contributed by atoms with Crippen molar-refractivity contribution in [2.45, 2.75) is 6.54 Å². The Balaban J connectivity index is 1.85. The molecule has 2 aromatic rings. The Morgan fingerprint density at radius 1 is 1.50 bits per heavy atom. The van der Waals surface area contributed by atoms with Gasteiger partial charge in [-0.2, -0.15) is 0 Å². The Kier molecular flexibility index (Phi) is 4.57. The molecule has 0 aromatic carbocycles. The van der Waals surface area contributed by atoms with Crippen LogP contribution in [-0.4, -0.2) is 53.8 Å². The third kappa shape index (κ3) is 3.47. The van der Waals surface area contributed by atoms with Gasteiger partial charge in [-0.15, -0.1) is 11.3 Å². The summed E-state index contributed by atoms with van der Waals surface area (Å²) >= 11 is 1.59. The first kappa shape index (κ1) is 14.3. The molecule has 0 atom stereocenters. The highest BCUT2D eigenvalue weighted by atomic mass is 32.1. The van der Waals surface area contributed by atoms with Crippen molar-refractivity contribution in [2.75, 3.05) is 27.7 Å². The topological polar surface area (TPSA) is 74.0 Å². The molecule has 2 heterocycles. The number of hydrogen-bond donors (Lipinski definition) is 2. The zero-order valence-corrected chi connectivity index (χ0v) is 12.6. The second-order valence-corrected chi connectivity index (χ2v) is 5.27. The molecule has 0 aliphatic rings. The van der Waals surface area contributed by atoms with Crippen molar-refractivity contribution < 1.29 is 4.79 Å². The van der Waals surface area contributed by atoms with Crippen LogP contribution in [0.4, 0.5) is 0 Å². The van der Waals surface area contributed by atoms with Crippen LogP contribution in [0.5, 0.6) is 0 Å². The van der Waals surface area contributed by atoms with E-state index in [0.717, 1.165) is 10.7 Å². The Bertz CT molecular complexity index is 586. The molecule has 0 unspecified atom stereocenters. The van der Waals surface area contributed by atoms with E-state index in [1.54, 1.807) is 32.5 Å². The molecular formula is C12H18N6OS. The van der Waals surface area contributed by atoms with Crippen LogP contribution < -0.4 is 10.6 Å². The number of fused-ring (bicyclic) bond motifs is 1. The molecule has 2 N–H and O–H groups in total. The van der Waals surface area contributed by atoms with Gasteiger partial charge in [-0.25, -0.2) is 4.98 Å². The number of carbonyl (C=O) groups excluding carboxylic acids is 1. The van der Waals surface area contributed by atoms with E-state index in [-0.39, 0.29) is 12.5 Å². The zero-order valence-electron chi connectivity index (χ0n) is 11.8. The number of hydrogen-bond acceptors (Lipinski definition) is 4. The number of likely N-dealkylation sites (N-methyl/N-ethyl adjacent to an activating group) is 1. The maximum absolute atomic E-state index is 11.5. The SMILES string of the molecule is CN=C(NCC(=O)N(C)C)NCc1cn2ccsc2n1. The van der Waals surface area contributed by atoms with E-state index < -0.39 is 0 Å². The Morgan fingerprint density at radius 3 is 2.95 bits per heavy atom. The molecule has 0 radical (unpaired) electrons. The third-order valence-corrected chi connectivity index (χ3v) is 3.48.